The van der Waals surface area contributed by atoms with Crippen LogP contribution in [0.3, 0.4) is 0 Å². The van der Waals surface area contributed by atoms with Gasteiger partial charge in [0.25, 0.3) is 5.91 Å². The Kier molecular flexibility index (Phi) is 3.99. The monoisotopic (exact) mass is 270 g/mol. The van der Waals surface area contributed by atoms with Crippen molar-refractivity contribution in [1.29, 1.82) is 0 Å². The van der Waals surface area contributed by atoms with E-state index in [1.54, 1.807) is 0 Å². The fourth-order valence-electron chi connectivity index (χ4n) is 2.24. The van der Waals surface area contributed by atoms with Crippen molar-refractivity contribution >= 4 is 11.6 Å². The van der Waals surface area contributed by atoms with Crippen LogP contribution in [0, 0.1) is 11.6 Å². The molecule has 1 aromatic rings. The number of carbonyl (C=O) groups is 1. The average molecular weight is 270 g/mol. The minimum atomic E-state index is -1.10. The Labute approximate surface area is 109 Å². The number of nitrogens with two attached hydrogens (primary N) is 1. The first-order chi connectivity index (χ1) is 8.97. The van der Waals surface area contributed by atoms with E-state index in [4.69, 9.17) is 5.73 Å². The molecule has 6 heteroatoms. The number of halogens is 2. The molecule has 0 atom stereocenters. The Hall–Kier alpha value is -1.69. The van der Waals surface area contributed by atoms with Gasteiger partial charge in [0.05, 0.1) is 11.7 Å². The summed E-state index contributed by atoms with van der Waals surface area (Å²) in [4.78, 5) is 11.9. The van der Waals surface area contributed by atoms with Crippen LogP contribution in [0.15, 0.2) is 12.1 Å². The maximum Gasteiger partial charge on any atom is 0.253 e. The topological polar surface area (TPSA) is 75.4 Å². The van der Waals surface area contributed by atoms with Crippen LogP contribution in [0.2, 0.25) is 0 Å². The standard InChI is InChI=1S/C13H16F2N2O2/c14-10-5-9(12(16)6-11(10)15)13(19)17-7-1-3-8(18)4-2-7/h5-8,18H,1-4,16H2,(H,17,19). The number of hydrogen-bond donors (Lipinski definition) is 3. The van der Waals surface area contributed by atoms with Crippen molar-refractivity contribution in [1.82, 2.24) is 5.32 Å². The predicted octanol–water partition coefficient (Wildman–Crippen LogP) is 1.58. The highest BCUT2D eigenvalue weighted by Gasteiger charge is 2.22. The SMILES string of the molecule is Nc1cc(F)c(F)cc1C(=O)NC1CCC(O)CC1. The lowest BCUT2D eigenvalue weighted by Gasteiger charge is -2.26. The highest BCUT2D eigenvalue weighted by molar-refractivity contribution is 5.99. The highest BCUT2D eigenvalue weighted by Crippen LogP contribution is 2.21. The fraction of sp³-hybridized carbons (Fsp3) is 0.462. The molecule has 0 spiro atoms. The number of rotatable bonds is 2. The van der Waals surface area contributed by atoms with Crippen molar-refractivity contribution in [2.75, 3.05) is 5.73 Å². The number of aliphatic hydroxyl groups is 1. The molecule has 4 N–H and O–H groups in total. The molecule has 0 aliphatic heterocycles. The quantitative estimate of drug-likeness (QED) is 0.714. The lowest BCUT2D eigenvalue weighted by molar-refractivity contribution is 0.0868. The maximum atomic E-state index is 13.1. The molecule has 1 aliphatic carbocycles. The zero-order valence-corrected chi connectivity index (χ0v) is 10.3. The molecule has 0 heterocycles. The second kappa shape index (κ2) is 5.52. The third kappa shape index (κ3) is 3.20. The number of amides is 1. The lowest BCUT2D eigenvalue weighted by atomic mass is 9.93. The number of benzene rings is 1. The average Bonchev–Trinajstić information content (AvgIpc) is 2.36. The van der Waals surface area contributed by atoms with Gasteiger partial charge < -0.3 is 16.2 Å². The molecule has 0 saturated heterocycles. The van der Waals surface area contributed by atoms with Gasteiger partial charge in [0, 0.05) is 17.8 Å². The molecule has 1 saturated carbocycles. The first kappa shape index (κ1) is 13.7. The van der Waals surface area contributed by atoms with E-state index < -0.39 is 17.5 Å². The second-order valence-electron chi connectivity index (χ2n) is 4.83. The van der Waals surface area contributed by atoms with Gasteiger partial charge in [-0.3, -0.25) is 4.79 Å². The first-order valence-corrected chi connectivity index (χ1v) is 6.21. The van der Waals surface area contributed by atoms with Gasteiger partial charge in [-0.15, -0.1) is 0 Å². The number of nitrogens with one attached hydrogen (secondary N) is 1. The highest BCUT2D eigenvalue weighted by atomic mass is 19.2. The lowest BCUT2D eigenvalue weighted by Crippen LogP contribution is -2.38. The summed E-state index contributed by atoms with van der Waals surface area (Å²) in [5, 5.41) is 12.1. The van der Waals surface area contributed by atoms with E-state index in [9.17, 15) is 18.7 Å². The fourth-order valence-corrected chi connectivity index (χ4v) is 2.24. The van der Waals surface area contributed by atoms with Crippen molar-refractivity contribution in [3.63, 3.8) is 0 Å². The zero-order valence-electron chi connectivity index (χ0n) is 10.3. The van der Waals surface area contributed by atoms with Crippen LogP contribution in [0.25, 0.3) is 0 Å². The van der Waals surface area contributed by atoms with Gasteiger partial charge in [0.15, 0.2) is 11.6 Å². The minimum absolute atomic E-state index is 0.0648. The summed E-state index contributed by atoms with van der Waals surface area (Å²) in [6, 6.07) is 1.54. The largest absolute Gasteiger partial charge is 0.398 e. The molecule has 0 aromatic heterocycles. The number of carbonyl (C=O) groups excluding carboxylic acids is 1. The molecule has 19 heavy (non-hydrogen) atoms. The van der Waals surface area contributed by atoms with E-state index in [0.29, 0.717) is 25.7 Å². The molecule has 2 rings (SSSR count). The number of hydrogen-bond acceptors (Lipinski definition) is 3. The summed E-state index contributed by atoms with van der Waals surface area (Å²) in [7, 11) is 0. The molecular weight excluding hydrogens is 254 g/mol. The molecule has 1 fully saturated rings. The molecule has 0 bridgehead atoms. The van der Waals surface area contributed by atoms with Gasteiger partial charge in [-0.2, -0.15) is 0 Å². The smallest absolute Gasteiger partial charge is 0.253 e. The van der Waals surface area contributed by atoms with Crippen LogP contribution in [-0.2, 0) is 0 Å². The molecule has 0 unspecified atom stereocenters. The molecule has 1 amide bonds. The van der Waals surface area contributed by atoms with Crippen LogP contribution < -0.4 is 11.1 Å². The Bertz CT molecular complexity index is 486. The normalized spacial score (nSPS) is 23.1. The summed E-state index contributed by atoms with van der Waals surface area (Å²) >= 11 is 0. The van der Waals surface area contributed by atoms with Crippen molar-refractivity contribution in [2.45, 2.75) is 37.8 Å². The summed E-state index contributed by atoms with van der Waals surface area (Å²) in [5.41, 5.74) is 5.36. The molecular formula is C13H16F2N2O2. The predicted molar refractivity (Wildman–Crippen MR) is 66.5 cm³/mol. The zero-order chi connectivity index (χ0) is 14.0. The van der Waals surface area contributed by atoms with Crippen LogP contribution in [0.4, 0.5) is 14.5 Å². The Morgan fingerprint density at radius 1 is 1.21 bits per heavy atom. The van der Waals surface area contributed by atoms with Crippen LogP contribution in [0.1, 0.15) is 36.0 Å². The number of aliphatic hydroxyl groups excluding tert-OH is 1. The summed E-state index contributed by atoms with van der Waals surface area (Å²) in [5.74, 6) is -2.69. The van der Waals surface area contributed by atoms with Crippen LogP contribution in [-0.4, -0.2) is 23.2 Å². The van der Waals surface area contributed by atoms with E-state index in [1.807, 2.05) is 0 Å². The van der Waals surface area contributed by atoms with E-state index >= 15 is 0 Å². The van der Waals surface area contributed by atoms with Gasteiger partial charge in [0.2, 0.25) is 0 Å². The van der Waals surface area contributed by atoms with E-state index in [0.717, 1.165) is 12.1 Å². The van der Waals surface area contributed by atoms with Crippen molar-refractivity contribution in [2.24, 2.45) is 0 Å². The Morgan fingerprint density at radius 3 is 2.42 bits per heavy atom. The third-order valence-corrected chi connectivity index (χ3v) is 3.37. The van der Waals surface area contributed by atoms with Crippen molar-refractivity contribution < 1.29 is 18.7 Å². The molecule has 104 valence electrons. The van der Waals surface area contributed by atoms with Crippen LogP contribution in [0.5, 0.6) is 0 Å². The van der Waals surface area contributed by atoms with Gasteiger partial charge in [-0.1, -0.05) is 0 Å². The van der Waals surface area contributed by atoms with Crippen molar-refractivity contribution in [3.8, 4) is 0 Å². The van der Waals surface area contributed by atoms with Gasteiger partial charge >= 0.3 is 0 Å². The molecule has 1 aromatic carbocycles. The Morgan fingerprint density at radius 2 is 1.79 bits per heavy atom. The number of anilines is 1. The van der Waals surface area contributed by atoms with Gasteiger partial charge in [-0.05, 0) is 31.7 Å². The van der Waals surface area contributed by atoms with Crippen molar-refractivity contribution in [3.05, 3.63) is 29.3 Å². The number of nitrogen functional groups attached to an aromatic ring is 1. The van der Waals surface area contributed by atoms with E-state index in [-0.39, 0.29) is 23.4 Å². The van der Waals surface area contributed by atoms with Gasteiger partial charge in [0.1, 0.15) is 0 Å². The van der Waals surface area contributed by atoms with Gasteiger partial charge in [-0.25, -0.2) is 8.78 Å². The summed E-state index contributed by atoms with van der Waals surface area (Å²) in [6.45, 7) is 0. The molecule has 0 radical (unpaired) electrons. The first-order valence-electron chi connectivity index (χ1n) is 6.21. The van der Waals surface area contributed by atoms with E-state index in [2.05, 4.69) is 5.32 Å². The summed E-state index contributed by atoms with van der Waals surface area (Å²) in [6.07, 6.45) is 2.25. The Balaban J connectivity index is 2.06. The minimum Gasteiger partial charge on any atom is -0.398 e. The second-order valence-corrected chi connectivity index (χ2v) is 4.83. The van der Waals surface area contributed by atoms with Crippen LogP contribution >= 0.6 is 0 Å². The third-order valence-electron chi connectivity index (χ3n) is 3.37. The summed E-state index contributed by atoms with van der Waals surface area (Å²) < 4.78 is 26.0. The van der Waals surface area contributed by atoms with E-state index in [1.165, 1.54) is 0 Å². The molecule has 4 nitrogen and oxygen atoms in total. The maximum absolute atomic E-state index is 13.1. The molecule has 1 aliphatic rings.